The number of nitrogens with one attached hydrogen (secondary N) is 2. The van der Waals surface area contributed by atoms with Gasteiger partial charge in [0.15, 0.2) is 0 Å². The van der Waals surface area contributed by atoms with Gasteiger partial charge in [-0.25, -0.2) is 4.79 Å². The van der Waals surface area contributed by atoms with Gasteiger partial charge in [0.25, 0.3) is 5.56 Å². The highest BCUT2D eigenvalue weighted by Crippen LogP contribution is 2.16. The molecule has 1 aromatic heterocycles. The van der Waals surface area contributed by atoms with Crippen molar-refractivity contribution in [3.63, 3.8) is 0 Å². The van der Waals surface area contributed by atoms with Crippen molar-refractivity contribution in [2.75, 3.05) is 13.1 Å². The van der Waals surface area contributed by atoms with Crippen LogP contribution in [0.1, 0.15) is 25.5 Å². The highest BCUT2D eigenvalue weighted by molar-refractivity contribution is 5.78. The summed E-state index contributed by atoms with van der Waals surface area (Å²) in [5, 5.41) is 0. The minimum Gasteiger partial charge on any atom is -0.342 e. The Labute approximate surface area is 104 Å². The number of carbonyl (C=O) groups excluding carboxylic acids is 1. The molecule has 0 spiro atoms. The Morgan fingerprint density at radius 1 is 1.33 bits per heavy atom. The molecule has 6 nitrogen and oxygen atoms in total. The molecule has 18 heavy (non-hydrogen) atoms. The maximum absolute atomic E-state index is 12.0. The van der Waals surface area contributed by atoms with Gasteiger partial charge < -0.3 is 9.88 Å². The summed E-state index contributed by atoms with van der Waals surface area (Å²) < 4.78 is 0. The Kier molecular flexibility index (Phi) is 3.64. The predicted molar refractivity (Wildman–Crippen MR) is 66.4 cm³/mol. The summed E-state index contributed by atoms with van der Waals surface area (Å²) in [6.45, 7) is 3.69. The van der Waals surface area contributed by atoms with Gasteiger partial charge in [-0.2, -0.15) is 0 Å². The standard InChI is InChI=1S/C12H17N3O3/c1-8-2-4-15(5-3-8)11(17)7-9-6-10(16)14-12(18)13-9/h6,8H,2-5,7H2,1H3,(H2,13,14,16,18). The summed E-state index contributed by atoms with van der Waals surface area (Å²) in [5.74, 6) is 0.622. The number of piperidine rings is 1. The molecule has 6 heteroatoms. The lowest BCUT2D eigenvalue weighted by Crippen LogP contribution is -2.39. The number of likely N-dealkylation sites (tertiary alicyclic amines) is 1. The lowest BCUT2D eigenvalue weighted by molar-refractivity contribution is -0.131. The molecule has 1 fully saturated rings. The molecule has 0 atom stereocenters. The fourth-order valence-corrected chi connectivity index (χ4v) is 2.15. The quantitative estimate of drug-likeness (QED) is 0.767. The van der Waals surface area contributed by atoms with E-state index in [0.717, 1.165) is 25.9 Å². The number of carbonyl (C=O) groups is 1. The van der Waals surface area contributed by atoms with Crippen molar-refractivity contribution in [1.82, 2.24) is 14.9 Å². The van der Waals surface area contributed by atoms with Crippen LogP contribution in [0.25, 0.3) is 0 Å². The molecule has 0 unspecified atom stereocenters. The topological polar surface area (TPSA) is 86.0 Å². The summed E-state index contributed by atoms with van der Waals surface area (Å²) >= 11 is 0. The molecule has 0 aliphatic carbocycles. The Morgan fingerprint density at radius 2 is 2.00 bits per heavy atom. The molecular formula is C12H17N3O3. The minimum absolute atomic E-state index is 0.0387. The summed E-state index contributed by atoms with van der Waals surface area (Å²) in [4.78, 5) is 40.5. The second-order valence-electron chi connectivity index (χ2n) is 4.85. The van der Waals surface area contributed by atoms with Crippen LogP contribution in [0.4, 0.5) is 0 Å². The van der Waals surface area contributed by atoms with E-state index in [-0.39, 0.29) is 12.3 Å². The molecule has 1 saturated heterocycles. The first kappa shape index (κ1) is 12.6. The predicted octanol–water partition coefficient (Wildman–Crippen LogP) is -0.136. The smallest absolute Gasteiger partial charge is 0.325 e. The number of rotatable bonds is 2. The maximum Gasteiger partial charge on any atom is 0.325 e. The third-order valence-corrected chi connectivity index (χ3v) is 3.29. The molecule has 1 aromatic rings. The van der Waals surface area contributed by atoms with Gasteiger partial charge in [0.1, 0.15) is 0 Å². The minimum atomic E-state index is -0.572. The van der Waals surface area contributed by atoms with E-state index in [1.54, 1.807) is 4.90 Å². The average Bonchev–Trinajstić information content (AvgIpc) is 2.28. The lowest BCUT2D eigenvalue weighted by Gasteiger charge is -2.30. The molecule has 2 heterocycles. The summed E-state index contributed by atoms with van der Waals surface area (Å²) in [6, 6.07) is 1.26. The van der Waals surface area contributed by atoms with Crippen LogP contribution in [-0.2, 0) is 11.2 Å². The van der Waals surface area contributed by atoms with Gasteiger partial charge in [0, 0.05) is 24.8 Å². The van der Waals surface area contributed by atoms with Gasteiger partial charge in [-0.15, -0.1) is 0 Å². The first-order valence-electron chi connectivity index (χ1n) is 6.15. The number of nitrogens with zero attached hydrogens (tertiary/aromatic N) is 1. The number of H-pyrrole nitrogens is 2. The highest BCUT2D eigenvalue weighted by atomic mass is 16.2. The van der Waals surface area contributed by atoms with E-state index < -0.39 is 11.2 Å². The molecule has 98 valence electrons. The van der Waals surface area contributed by atoms with Crippen LogP contribution in [0, 0.1) is 5.92 Å². The Hall–Kier alpha value is -1.85. The van der Waals surface area contributed by atoms with E-state index in [0.29, 0.717) is 11.6 Å². The maximum atomic E-state index is 12.0. The largest absolute Gasteiger partial charge is 0.342 e. The second-order valence-corrected chi connectivity index (χ2v) is 4.85. The van der Waals surface area contributed by atoms with Crippen LogP contribution in [0.15, 0.2) is 15.7 Å². The number of hydrogen-bond donors (Lipinski definition) is 2. The van der Waals surface area contributed by atoms with Crippen LogP contribution in [0.2, 0.25) is 0 Å². The summed E-state index contributed by atoms with van der Waals surface area (Å²) in [6.07, 6.45) is 2.10. The first-order valence-corrected chi connectivity index (χ1v) is 6.15. The highest BCUT2D eigenvalue weighted by Gasteiger charge is 2.20. The van der Waals surface area contributed by atoms with E-state index in [9.17, 15) is 14.4 Å². The van der Waals surface area contributed by atoms with Crippen molar-refractivity contribution < 1.29 is 4.79 Å². The zero-order valence-corrected chi connectivity index (χ0v) is 10.4. The van der Waals surface area contributed by atoms with Gasteiger partial charge in [0.2, 0.25) is 5.91 Å². The Morgan fingerprint density at radius 3 is 2.61 bits per heavy atom. The van der Waals surface area contributed by atoms with Gasteiger partial charge in [-0.05, 0) is 18.8 Å². The number of amides is 1. The van der Waals surface area contributed by atoms with E-state index in [4.69, 9.17) is 0 Å². The van der Waals surface area contributed by atoms with Crippen molar-refractivity contribution in [3.05, 3.63) is 32.6 Å². The van der Waals surface area contributed by atoms with Crippen LogP contribution in [0.3, 0.4) is 0 Å². The van der Waals surface area contributed by atoms with Gasteiger partial charge >= 0.3 is 5.69 Å². The van der Waals surface area contributed by atoms with Crippen LogP contribution < -0.4 is 11.2 Å². The van der Waals surface area contributed by atoms with Crippen LogP contribution in [-0.4, -0.2) is 33.9 Å². The molecule has 1 aliphatic rings. The molecule has 1 amide bonds. The van der Waals surface area contributed by atoms with Crippen molar-refractivity contribution in [3.8, 4) is 0 Å². The fraction of sp³-hybridized carbons (Fsp3) is 0.583. The van der Waals surface area contributed by atoms with E-state index >= 15 is 0 Å². The summed E-state index contributed by atoms with van der Waals surface area (Å²) in [5.41, 5.74) is -0.682. The molecule has 1 aliphatic heterocycles. The SMILES string of the molecule is CC1CCN(C(=O)Cc2cc(=O)[nH]c(=O)[nH]2)CC1. The zero-order valence-electron chi connectivity index (χ0n) is 10.4. The molecule has 2 rings (SSSR count). The van der Waals surface area contributed by atoms with Crippen molar-refractivity contribution in [1.29, 1.82) is 0 Å². The van der Waals surface area contributed by atoms with Crippen LogP contribution >= 0.6 is 0 Å². The molecule has 0 radical (unpaired) electrons. The number of hydrogen-bond acceptors (Lipinski definition) is 3. The lowest BCUT2D eigenvalue weighted by atomic mass is 9.99. The molecular weight excluding hydrogens is 234 g/mol. The van der Waals surface area contributed by atoms with Gasteiger partial charge in [0.05, 0.1) is 6.42 Å². The normalized spacial score (nSPS) is 16.8. The van der Waals surface area contributed by atoms with E-state index in [1.165, 1.54) is 6.07 Å². The number of aromatic amines is 2. The average molecular weight is 251 g/mol. The first-order chi connectivity index (χ1) is 8.54. The molecule has 2 N–H and O–H groups in total. The fourth-order valence-electron chi connectivity index (χ4n) is 2.15. The Bertz CT molecular complexity index is 510. The van der Waals surface area contributed by atoms with Gasteiger partial charge in [-0.3, -0.25) is 14.6 Å². The van der Waals surface area contributed by atoms with Crippen LogP contribution in [0.5, 0.6) is 0 Å². The molecule has 0 aromatic carbocycles. The zero-order chi connectivity index (χ0) is 13.1. The molecule has 0 bridgehead atoms. The number of aromatic nitrogens is 2. The Balaban J connectivity index is 2.03. The third-order valence-electron chi connectivity index (χ3n) is 3.29. The molecule has 0 saturated carbocycles. The van der Waals surface area contributed by atoms with Gasteiger partial charge in [-0.1, -0.05) is 6.92 Å². The van der Waals surface area contributed by atoms with Crippen molar-refractivity contribution in [2.45, 2.75) is 26.2 Å². The van der Waals surface area contributed by atoms with Crippen molar-refractivity contribution in [2.24, 2.45) is 5.92 Å². The van der Waals surface area contributed by atoms with E-state index in [2.05, 4.69) is 16.9 Å². The second kappa shape index (κ2) is 5.20. The van der Waals surface area contributed by atoms with E-state index in [1.807, 2.05) is 0 Å². The van der Waals surface area contributed by atoms with Crippen molar-refractivity contribution >= 4 is 5.91 Å². The summed E-state index contributed by atoms with van der Waals surface area (Å²) in [7, 11) is 0. The third kappa shape index (κ3) is 3.09. The monoisotopic (exact) mass is 251 g/mol.